The molecule has 6 nitrogen and oxygen atoms in total. The van der Waals surface area contributed by atoms with Gasteiger partial charge in [0.15, 0.2) is 5.13 Å². The van der Waals surface area contributed by atoms with Gasteiger partial charge in [-0.15, -0.1) is 0 Å². The Balaban J connectivity index is 1.72. The number of aromatic nitrogens is 3. The highest BCUT2D eigenvalue weighted by molar-refractivity contribution is 7.18. The highest BCUT2D eigenvalue weighted by Gasteiger charge is 2.22. The number of carbonyl (C=O) groups is 2. The second-order valence-electron chi connectivity index (χ2n) is 5.80. The lowest BCUT2D eigenvalue weighted by molar-refractivity contribution is 0.102. The van der Waals surface area contributed by atoms with Gasteiger partial charge in [-0.05, 0) is 24.3 Å². The summed E-state index contributed by atoms with van der Waals surface area (Å²) in [7, 11) is 0. The third-order valence-electron chi connectivity index (χ3n) is 3.94. The van der Waals surface area contributed by atoms with E-state index in [4.69, 9.17) is 0 Å². The number of nitrogens with one attached hydrogen (secondary N) is 1. The first-order valence-electron chi connectivity index (χ1n) is 8.46. The largest absolute Gasteiger partial charge is 0.298 e. The van der Waals surface area contributed by atoms with Gasteiger partial charge in [-0.2, -0.15) is 0 Å². The third kappa shape index (κ3) is 3.70. The average Bonchev–Trinajstić information content (AvgIpc) is 3.19. The Morgan fingerprint density at radius 1 is 0.857 bits per heavy atom. The Morgan fingerprint density at radius 3 is 2.32 bits per heavy atom. The smallest absolute Gasteiger partial charge is 0.257 e. The maximum atomic E-state index is 13.0. The van der Waals surface area contributed by atoms with Gasteiger partial charge < -0.3 is 0 Å². The summed E-state index contributed by atoms with van der Waals surface area (Å²) in [4.78, 5) is 38.4. The van der Waals surface area contributed by atoms with Crippen molar-refractivity contribution in [2.24, 2.45) is 0 Å². The monoisotopic (exact) mass is 386 g/mol. The Labute approximate surface area is 165 Å². The molecule has 0 spiro atoms. The molecule has 0 atom stereocenters. The first-order valence-corrected chi connectivity index (χ1v) is 9.27. The van der Waals surface area contributed by atoms with E-state index in [-0.39, 0.29) is 11.7 Å². The number of thiazole rings is 1. The van der Waals surface area contributed by atoms with Crippen molar-refractivity contribution in [3.63, 3.8) is 0 Å². The molecule has 1 aromatic carbocycles. The average molecular weight is 386 g/mol. The number of ketones is 1. The molecule has 0 aliphatic carbocycles. The van der Waals surface area contributed by atoms with Crippen molar-refractivity contribution in [1.82, 2.24) is 15.0 Å². The summed E-state index contributed by atoms with van der Waals surface area (Å²) in [5.41, 5.74) is 2.10. The standard InChI is InChI=1S/C21H14N4O2S/c26-18(16-8-4-5-11-23-16)19-17(14-6-2-1-3-7-14)24-21(28-19)25-20(27)15-9-12-22-13-10-15/h1-13H,(H,24,25,27). The molecule has 0 fully saturated rings. The van der Waals surface area contributed by atoms with Crippen molar-refractivity contribution < 1.29 is 9.59 Å². The summed E-state index contributed by atoms with van der Waals surface area (Å²) >= 11 is 1.13. The topological polar surface area (TPSA) is 84.8 Å². The predicted molar refractivity (Wildman–Crippen MR) is 107 cm³/mol. The van der Waals surface area contributed by atoms with Crippen molar-refractivity contribution in [3.8, 4) is 11.3 Å². The van der Waals surface area contributed by atoms with Crippen LogP contribution in [-0.2, 0) is 0 Å². The molecule has 3 aromatic heterocycles. The zero-order valence-corrected chi connectivity index (χ0v) is 15.4. The summed E-state index contributed by atoms with van der Waals surface area (Å²) in [5.74, 6) is -0.547. The van der Waals surface area contributed by atoms with E-state index < -0.39 is 0 Å². The molecule has 4 aromatic rings. The van der Waals surface area contributed by atoms with Gasteiger partial charge >= 0.3 is 0 Å². The van der Waals surface area contributed by atoms with E-state index in [2.05, 4.69) is 20.3 Å². The lowest BCUT2D eigenvalue weighted by Gasteiger charge is -2.01. The van der Waals surface area contributed by atoms with Crippen LogP contribution in [0.3, 0.4) is 0 Å². The lowest BCUT2D eigenvalue weighted by atomic mass is 10.1. The molecular weight excluding hydrogens is 372 g/mol. The highest BCUT2D eigenvalue weighted by Crippen LogP contribution is 2.32. The fraction of sp³-hybridized carbons (Fsp3) is 0. The maximum Gasteiger partial charge on any atom is 0.257 e. The van der Waals surface area contributed by atoms with Gasteiger partial charge in [0.1, 0.15) is 10.6 Å². The molecule has 28 heavy (non-hydrogen) atoms. The van der Waals surface area contributed by atoms with Crippen LogP contribution in [0.25, 0.3) is 11.3 Å². The molecule has 0 radical (unpaired) electrons. The number of amides is 1. The van der Waals surface area contributed by atoms with Gasteiger partial charge in [0, 0.05) is 29.7 Å². The van der Waals surface area contributed by atoms with E-state index in [9.17, 15) is 9.59 Å². The molecule has 0 aliphatic rings. The lowest BCUT2D eigenvalue weighted by Crippen LogP contribution is -2.11. The Kier molecular flexibility index (Phi) is 4.99. The van der Waals surface area contributed by atoms with Crippen molar-refractivity contribution >= 4 is 28.2 Å². The molecule has 7 heteroatoms. The number of carbonyl (C=O) groups excluding carboxylic acids is 2. The third-order valence-corrected chi connectivity index (χ3v) is 4.91. The second-order valence-corrected chi connectivity index (χ2v) is 6.80. The van der Waals surface area contributed by atoms with Crippen LogP contribution >= 0.6 is 11.3 Å². The van der Waals surface area contributed by atoms with Crippen LogP contribution in [0, 0.1) is 0 Å². The molecule has 3 heterocycles. The molecule has 136 valence electrons. The summed E-state index contributed by atoms with van der Waals surface area (Å²) in [6, 6.07) is 17.8. The van der Waals surface area contributed by atoms with Crippen LogP contribution in [-0.4, -0.2) is 26.6 Å². The predicted octanol–water partition coefficient (Wildman–Crippen LogP) is 4.08. The van der Waals surface area contributed by atoms with E-state index in [0.717, 1.165) is 16.9 Å². The molecule has 0 saturated heterocycles. The molecule has 0 saturated carbocycles. The zero-order valence-electron chi connectivity index (χ0n) is 14.6. The number of benzene rings is 1. The van der Waals surface area contributed by atoms with Crippen molar-refractivity contribution in [2.45, 2.75) is 0 Å². The summed E-state index contributed by atoms with van der Waals surface area (Å²) in [5, 5.41) is 3.11. The maximum absolute atomic E-state index is 13.0. The number of hydrogen-bond acceptors (Lipinski definition) is 6. The first-order chi connectivity index (χ1) is 13.7. The van der Waals surface area contributed by atoms with Gasteiger partial charge in [0.25, 0.3) is 5.91 Å². The molecule has 1 amide bonds. The van der Waals surface area contributed by atoms with E-state index in [1.807, 2.05) is 30.3 Å². The van der Waals surface area contributed by atoms with Crippen molar-refractivity contribution in [3.05, 3.63) is 95.4 Å². The molecular formula is C21H14N4O2S. The Bertz CT molecular complexity index is 1110. The van der Waals surface area contributed by atoms with E-state index >= 15 is 0 Å². The molecule has 1 N–H and O–H groups in total. The van der Waals surface area contributed by atoms with Gasteiger partial charge in [0.05, 0.1) is 5.69 Å². The van der Waals surface area contributed by atoms with Crippen LogP contribution in [0.5, 0.6) is 0 Å². The fourth-order valence-corrected chi connectivity index (χ4v) is 3.54. The molecule has 0 unspecified atom stereocenters. The zero-order chi connectivity index (χ0) is 19.3. The van der Waals surface area contributed by atoms with E-state index in [1.165, 1.54) is 0 Å². The fourth-order valence-electron chi connectivity index (χ4n) is 2.61. The number of rotatable bonds is 5. The quantitative estimate of drug-likeness (QED) is 0.522. The number of hydrogen-bond donors (Lipinski definition) is 1. The minimum Gasteiger partial charge on any atom is -0.298 e. The van der Waals surface area contributed by atoms with Crippen molar-refractivity contribution in [2.75, 3.05) is 5.32 Å². The van der Waals surface area contributed by atoms with Gasteiger partial charge in [0.2, 0.25) is 5.78 Å². The van der Waals surface area contributed by atoms with Crippen LogP contribution < -0.4 is 5.32 Å². The first kappa shape index (κ1) is 17.7. The minimum atomic E-state index is -0.312. The second kappa shape index (κ2) is 7.89. The number of nitrogens with zero attached hydrogens (tertiary/aromatic N) is 3. The summed E-state index contributed by atoms with van der Waals surface area (Å²) < 4.78 is 0. The molecule has 4 rings (SSSR count). The Morgan fingerprint density at radius 2 is 1.61 bits per heavy atom. The Hall–Kier alpha value is -3.71. The van der Waals surface area contributed by atoms with Crippen LogP contribution in [0.2, 0.25) is 0 Å². The van der Waals surface area contributed by atoms with Gasteiger partial charge in [-0.3, -0.25) is 24.9 Å². The van der Waals surface area contributed by atoms with E-state index in [0.29, 0.717) is 27.0 Å². The van der Waals surface area contributed by atoms with Crippen LogP contribution in [0.1, 0.15) is 25.7 Å². The molecule has 0 aliphatic heterocycles. The normalized spacial score (nSPS) is 10.4. The summed E-state index contributed by atoms with van der Waals surface area (Å²) in [6.45, 7) is 0. The van der Waals surface area contributed by atoms with Crippen molar-refractivity contribution in [1.29, 1.82) is 0 Å². The number of anilines is 1. The number of pyridine rings is 2. The van der Waals surface area contributed by atoms with Crippen LogP contribution in [0.4, 0.5) is 5.13 Å². The highest BCUT2D eigenvalue weighted by atomic mass is 32.1. The van der Waals surface area contributed by atoms with Gasteiger partial charge in [-0.1, -0.05) is 47.7 Å². The van der Waals surface area contributed by atoms with Gasteiger partial charge in [-0.25, -0.2) is 4.98 Å². The minimum absolute atomic E-state index is 0.235. The summed E-state index contributed by atoms with van der Waals surface area (Å²) in [6.07, 6.45) is 4.66. The van der Waals surface area contributed by atoms with E-state index in [1.54, 1.807) is 48.9 Å². The SMILES string of the molecule is O=C(Nc1nc(-c2ccccc2)c(C(=O)c2ccccn2)s1)c1ccncc1. The van der Waals surface area contributed by atoms with Crippen LogP contribution in [0.15, 0.2) is 79.3 Å². The molecule has 0 bridgehead atoms.